The van der Waals surface area contributed by atoms with E-state index in [9.17, 15) is 13.2 Å². The molecule has 3 rings (SSSR count). The number of carbonyl (C=O) groups is 1. The van der Waals surface area contributed by atoms with Gasteiger partial charge >= 0.3 is 0 Å². The molecule has 1 aromatic carbocycles. The molecular formula is C17H24N2O3S. The number of sulfonamides is 1. The van der Waals surface area contributed by atoms with Crippen LogP contribution in [0.1, 0.15) is 31.2 Å². The van der Waals surface area contributed by atoms with Gasteiger partial charge in [-0.2, -0.15) is 0 Å². The van der Waals surface area contributed by atoms with Crippen LogP contribution in [0.25, 0.3) is 0 Å². The van der Waals surface area contributed by atoms with E-state index in [0.29, 0.717) is 32.6 Å². The molecule has 2 aliphatic heterocycles. The maximum atomic E-state index is 12.3. The molecule has 1 aromatic rings. The Hall–Kier alpha value is -1.40. The molecule has 2 heterocycles. The van der Waals surface area contributed by atoms with Gasteiger partial charge in [-0.05, 0) is 24.8 Å². The van der Waals surface area contributed by atoms with Gasteiger partial charge in [-0.25, -0.2) is 12.7 Å². The van der Waals surface area contributed by atoms with Crippen LogP contribution in [0.5, 0.6) is 0 Å². The third-order valence-electron chi connectivity index (χ3n) is 5.06. The van der Waals surface area contributed by atoms with Gasteiger partial charge in [0.25, 0.3) is 0 Å². The fourth-order valence-electron chi connectivity index (χ4n) is 3.83. The van der Waals surface area contributed by atoms with Crippen LogP contribution in [0.3, 0.4) is 0 Å². The van der Waals surface area contributed by atoms with Gasteiger partial charge < -0.3 is 4.90 Å². The summed E-state index contributed by atoms with van der Waals surface area (Å²) in [6.07, 6.45) is 4.47. The Bertz CT molecular complexity index is 674. The fourth-order valence-corrected chi connectivity index (χ4v) is 4.80. The fraction of sp³-hybridized carbons (Fsp3) is 0.588. The van der Waals surface area contributed by atoms with E-state index in [4.69, 9.17) is 0 Å². The van der Waals surface area contributed by atoms with Crippen molar-refractivity contribution in [3.05, 3.63) is 35.9 Å². The number of carbonyl (C=O) groups excluding carboxylic acids is 1. The second-order valence-corrected chi connectivity index (χ2v) is 8.92. The molecule has 1 unspecified atom stereocenters. The molecule has 126 valence electrons. The van der Waals surface area contributed by atoms with Gasteiger partial charge in [0.2, 0.25) is 15.9 Å². The lowest BCUT2D eigenvalue weighted by atomic mass is 9.74. The maximum Gasteiger partial charge on any atom is 0.222 e. The van der Waals surface area contributed by atoms with E-state index in [1.807, 2.05) is 35.2 Å². The molecule has 0 saturated carbocycles. The van der Waals surface area contributed by atoms with Crippen molar-refractivity contribution in [2.75, 3.05) is 25.9 Å². The van der Waals surface area contributed by atoms with Crippen LogP contribution in [0.4, 0.5) is 0 Å². The molecule has 23 heavy (non-hydrogen) atoms. The number of hydrogen-bond acceptors (Lipinski definition) is 3. The van der Waals surface area contributed by atoms with E-state index in [1.165, 1.54) is 6.26 Å². The summed E-state index contributed by atoms with van der Waals surface area (Å²) in [5.41, 5.74) is 1.04. The van der Waals surface area contributed by atoms with Crippen molar-refractivity contribution in [1.29, 1.82) is 0 Å². The molecule has 0 radical (unpaired) electrons. The molecule has 2 fully saturated rings. The van der Waals surface area contributed by atoms with Crippen LogP contribution >= 0.6 is 0 Å². The van der Waals surface area contributed by atoms with Gasteiger partial charge in [-0.3, -0.25) is 4.79 Å². The Balaban J connectivity index is 1.75. The zero-order chi connectivity index (χ0) is 16.5. The van der Waals surface area contributed by atoms with E-state index < -0.39 is 10.0 Å². The van der Waals surface area contributed by atoms with Crippen LogP contribution < -0.4 is 0 Å². The van der Waals surface area contributed by atoms with Crippen molar-refractivity contribution in [2.24, 2.45) is 5.41 Å². The van der Waals surface area contributed by atoms with Gasteiger partial charge in [0.15, 0.2) is 0 Å². The Morgan fingerprint density at radius 3 is 2.57 bits per heavy atom. The highest BCUT2D eigenvalue weighted by molar-refractivity contribution is 7.88. The Morgan fingerprint density at radius 1 is 1.13 bits per heavy atom. The van der Waals surface area contributed by atoms with Crippen molar-refractivity contribution in [3.63, 3.8) is 0 Å². The van der Waals surface area contributed by atoms with Crippen LogP contribution in [-0.2, 0) is 21.4 Å². The quantitative estimate of drug-likeness (QED) is 0.846. The lowest BCUT2D eigenvalue weighted by Crippen LogP contribution is -2.54. The lowest BCUT2D eigenvalue weighted by molar-refractivity contribution is -0.139. The highest BCUT2D eigenvalue weighted by Crippen LogP contribution is 2.39. The molecule has 0 N–H and O–H groups in total. The van der Waals surface area contributed by atoms with Crippen LogP contribution in [0, 0.1) is 5.41 Å². The smallest absolute Gasteiger partial charge is 0.222 e. The number of benzene rings is 1. The summed E-state index contributed by atoms with van der Waals surface area (Å²) in [5.74, 6) is 0.177. The average Bonchev–Trinajstić information content (AvgIpc) is 2.52. The molecule has 2 saturated heterocycles. The van der Waals surface area contributed by atoms with Crippen LogP contribution in [0.15, 0.2) is 30.3 Å². The van der Waals surface area contributed by atoms with Crippen LogP contribution in [-0.4, -0.2) is 49.4 Å². The first-order valence-electron chi connectivity index (χ1n) is 8.15. The molecular weight excluding hydrogens is 312 g/mol. The molecule has 0 aliphatic carbocycles. The first kappa shape index (κ1) is 16.5. The van der Waals surface area contributed by atoms with Crippen molar-refractivity contribution >= 4 is 15.9 Å². The summed E-state index contributed by atoms with van der Waals surface area (Å²) in [5, 5.41) is 0. The normalized spacial score (nSPS) is 26.7. The predicted octanol–water partition coefficient (Wildman–Crippen LogP) is 1.85. The number of piperidine rings is 2. The topological polar surface area (TPSA) is 57.7 Å². The minimum atomic E-state index is -3.16. The van der Waals surface area contributed by atoms with Gasteiger partial charge in [0.05, 0.1) is 6.26 Å². The predicted molar refractivity (Wildman–Crippen MR) is 89.2 cm³/mol. The largest absolute Gasteiger partial charge is 0.338 e. The lowest BCUT2D eigenvalue weighted by Gasteiger charge is -2.47. The summed E-state index contributed by atoms with van der Waals surface area (Å²) in [7, 11) is -3.16. The van der Waals surface area contributed by atoms with Crippen LogP contribution in [0.2, 0.25) is 0 Å². The maximum absolute atomic E-state index is 12.3. The second-order valence-electron chi connectivity index (χ2n) is 6.94. The third kappa shape index (κ3) is 3.75. The SMILES string of the molecule is CS(=O)(=O)N1CCCC2(CCC(=O)N(Cc3ccccc3)C2)C1. The number of hydrogen-bond donors (Lipinski definition) is 0. The summed E-state index contributed by atoms with van der Waals surface area (Å²) in [6, 6.07) is 9.97. The number of likely N-dealkylation sites (tertiary alicyclic amines) is 1. The first-order valence-corrected chi connectivity index (χ1v) is 10.00. The summed E-state index contributed by atoms with van der Waals surface area (Å²) in [4.78, 5) is 14.2. The highest BCUT2D eigenvalue weighted by Gasteiger charge is 2.43. The van der Waals surface area contributed by atoms with Gasteiger partial charge in [0, 0.05) is 38.0 Å². The molecule has 0 bridgehead atoms. The standard InChI is InChI=1S/C17H24N2O3S/c1-23(21,22)19-11-5-9-17(14-19)10-8-16(20)18(13-17)12-15-6-3-2-4-7-15/h2-4,6-7H,5,8-14H2,1H3. The van der Waals surface area contributed by atoms with Gasteiger partial charge in [-0.15, -0.1) is 0 Å². The molecule has 1 spiro atoms. The second kappa shape index (κ2) is 6.24. The number of rotatable bonds is 3. The minimum absolute atomic E-state index is 0.0793. The minimum Gasteiger partial charge on any atom is -0.338 e. The van der Waals surface area contributed by atoms with Gasteiger partial charge in [0.1, 0.15) is 0 Å². The summed E-state index contributed by atoms with van der Waals surface area (Å²) in [6.45, 7) is 2.42. The van der Waals surface area contributed by atoms with E-state index in [1.54, 1.807) is 4.31 Å². The van der Waals surface area contributed by atoms with E-state index in [0.717, 1.165) is 24.8 Å². The van der Waals surface area contributed by atoms with Crippen molar-refractivity contribution < 1.29 is 13.2 Å². The Morgan fingerprint density at radius 2 is 1.87 bits per heavy atom. The first-order chi connectivity index (χ1) is 10.9. The Kier molecular flexibility index (Phi) is 4.47. The zero-order valence-electron chi connectivity index (χ0n) is 13.6. The number of amides is 1. The van der Waals surface area contributed by atoms with E-state index >= 15 is 0 Å². The van der Waals surface area contributed by atoms with E-state index in [2.05, 4.69) is 0 Å². The molecule has 5 nitrogen and oxygen atoms in total. The molecule has 0 aromatic heterocycles. The molecule has 6 heteroatoms. The van der Waals surface area contributed by atoms with Crippen molar-refractivity contribution in [2.45, 2.75) is 32.2 Å². The zero-order valence-corrected chi connectivity index (χ0v) is 14.4. The van der Waals surface area contributed by atoms with Gasteiger partial charge in [-0.1, -0.05) is 30.3 Å². The van der Waals surface area contributed by atoms with Crippen molar-refractivity contribution in [1.82, 2.24) is 9.21 Å². The number of nitrogens with zero attached hydrogens (tertiary/aromatic N) is 2. The van der Waals surface area contributed by atoms with E-state index in [-0.39, 0.29) is 11.3 Å². The molecule has 1 amide bonds. The Labute approximate surface area is 138 Å². The molecule has 1 atom stereocenters. The average molecular weight is 336 g/mol. The monoisotopic (exact) mass is 336 g/mol. The summed E-state index contributed by atoms with van der Waals surface area (Å²) >= 11 is 0. The molecule has 2 aliphatic rings. The third-order valence-corrected chi connectivity index (χ3v) is 6.31. The highest BCUT2D eigenvalue weighted by atomic mass is 32.2. The van der Waals surface area contributed by atoms with Crippen molar-refractivity contribution in [3.8, 4) is 0 Å². The summed E-state index contributed by atoms with van der Waals surface area (Å²) < 4.78 is 25.4.